The van der Waals surface area contributed by atoms with E-state index in [0.29, 0.717) is 30.4 Å². The van der Waals surface area contributed by atoms with E-state index in [1.165, 1.54) is 0 Å². The maximum absolute atomic E-state index is 13.5. The van der Waals surface area contributed by atoms with E-state index >= 15 is 0 Å². The van der Waals surface area contributed by atoms with Crippen molar-refractivity contribution in [1.82, 2.24) is 4.31 Å². The standard InChI is InChI=1S/C23H23NO4S/c25-29(26,20-10-8-17-5-1-2-6-18(17)15-20)24-12-3-7-21(24)19-9-11-22-23(16-19)28-14-4-13-27-22/h1-2,5-6,8-11,15-16,21H,3-4,7,12-14H2. The molecule has 0 aliphatic carbocycles. The van der Waals surface area contributed by atoms with Crippen molar-refractivity contribution >= 4 is 20.8 Å². The third-order valence-corrected chi connectivity index (χ3v) is 7.59. The van der Waals surface area contributed by atoms with Crippen LogP contribution >= 0.6 is 0 Å². The van der Waals surface area contributed by atoms with Gasteiger partial charge in [-0.05, 0) is 53.4 Å². The van der Waals surface area contributed by atoms with E-state index in [1.807, 2.05) is 48.5 Å². The number of nitrogens with zero attached hydrogens (tertiary/aromatic N) is 1. The Morgan fingerprint density at radius 2 is 1.62 bits per heavy atom. The zero-order chi connectivity index (χ0) is 19.8. The van der Waals surface area contributed by atoms with Crippen molar-refractivity contribution in [3.05, 3.63) is 66.2 Å². The lowest BCUT2D eigenvalue weighted by molar-refractivity contribution is 0.296. The first kappa shape index (κ1) is 18.5. The SMILES string of the molecule is O=S(=O)(c1ccc2ccccc2c1)N1CCCC1c1ccc2c(c1)OCCCO2. The van der Waals surface area contributed by atoms with Gasteiger partial charge in [0.15, 0.2) is 11.5 Å². The first-order chi connectivity index (χ1) is 14.1. The highest BCUT2D eigenvalue weighted by Gasteiger charge is 2.36. The molecular weight excluding hydrogens is 386 g/mol. The minimum Gasteiger partial charge on any atom is -0.490 e. The second-order valence-corrected chi connectivity index (χ2v) is 9.43. The van der Waals surface area contributed by atoms with Gasteiger partial charge in [-0.1, -0.05) is 36.4 Å². The van der Waals surface area contributed by atoms with Gasteiger partial charge in [-0.15, -0.1) is 0 Å². The van der Waals surface area contributed by atoms with Gasteiger partial charge in [0.2, 0.25) is 10.0 Å². The van der Waals surface area contributed by atoms with Crippen molar-refractivity contribution < 1.29 is 17.9 Å². The molecule has 1 unspecified atom stereocenters. The lowest BCUT2D eigenvalue weighted by Crippen LogP contribution is -2.30. The average Bonchev–Trinajstić information content (AvgIpc) is 3.13. The summed E-state index contributed by atoms with van der Waals surface area (Å²) in [7, 11) is -3.59. The Kier molecular flexibility index (Phi) is 4.68. The Labute approximate surface area is 170 Å². The second-order valence-electron chi connectivity index (χ2n) is 7.54. The maximum Gasteiger partial charge on any atom is 0.243 e. The summed E-state index contributed by atoms with van der Waals surface area (Å²) in [5.74, 6) is 1.43. The molecule has 5 rings (SSSR count). The van der Waals surface area contributed by atoms with Crippen LogP contribution in [0.25, 0.3) is 10.8 Å². The maximum atomic E-state index is 13.5. The third kappa shape index (κ3) is 3.36. The zero-order valence-corrected chi connectivity index (χ0v) is 16.9. The van der Waals surface area contributed by atoms with Crippen LogP contribution in [0.2, 0.25) is 0 Å². The molecule has 0 radical (unpaired) electrons. The third-order valence-electron chi connectivity index (χ3n) is 5.69. The number of benzene rings is 3. The van der Waals surface area contributed by atoms with Crippen molar-refractivity contribution in [3.63, 3.8) is 0 Å². The van der Waals surface area contributed by atoms with Crippen LogP contribution in [0.15, 0.2) is 65.6 Å². The lowest BCUT2D eigenvalue weighted by Gasteiger charge is -2.25. The summed E-state index contributed by atoms with van der Waals surface area (Å²) in [5.41, 5.74) is 0.955. The molecule has 6 heteroatoms. The minimum atomic E-state index is -3.59. The average molecular weight is 410 g/mol. The first-order valence-electron chi connectivity index (χ1n) is 10.0. The number of fused-ring (bicyclic) bond motifs is 2. The van der Waals surface area contributed by atoms with Crippen molar-refractivity contribution in [1.29, 1.82) is 0 Å². The number of hydrogen-bond donors (Lipinski definition) is 0. The molecule has 0 bridgehead atoms. The van der Waals surface area contributed by atoms with Gasteiger partial charge in [-0.3, -0.25) is 0 Å². The molecule has 0 amide bonds. The van der Waals surface area contributed by atoms with Crippen LogP contribution in [0.1, 0.15) is 30.9 Å². The van der Waals surface area contributed by atoms with Gasteiger partial charge in [0, 0.05) is 13.0 Å². The smallest absolute Gasteiger partial charge is 0.243 e. The fraction of sp³-hybridized carbons (Fsp3) is 0.304. The van der Waals surface area contributed by atoms with Crippen molar-refractivity contribution in [2.75, 3.05) is 19.8 Å². The van der Waals surface area contributed by atoms with E-state index < -0.39 is 10.0 Å². The summed E-state index contributed by atoms with van der Waals surface area (Å²) in [4.78, 5) is 0.345. The normalized spacial score (nSPS) is 19.9. The van der Waals surface area contributed by atoms with E-state index in [1.54, 1.807) is 16.4 Å². The van der Waals surface area contributed by atoms with Gasteiger partial charge in [0.05, 0.1) is 24.2 Å². The molecule has 0 N–H and O–H groups in total. The van der Waals surface area contributed by atoms with Gasteiger partial charge >= 0.3 is 0 Å². The number of hydrogen-bond acceptors (Lipinski definition) is 4. The Bertz CT molecular complexity index is 1160. The summed E-state index contributed by atoms with van der Waals surface area (Å²) < 4.78 is 40.1. The van der Waals surface area contributed by atoms with Gasteiger partial charge in [0.1, 0.15) is 0 Å². The summed E-state index contributed by atoms with van der Waals surface area (Å²) in [6, 6.07) is 18.8. The van der Waals surface area contributed by atoms with Crippen LogP contribution in [0.3, 0.4) is 0 Å². The van der Waals surface area contributed by atoms with Crippen molar-refractivity contribution in [2.45, 2.75) is 30.2 Å². The van der Waals surface area contributed by atoms with Crippen LogP contribution in [0.5, 0.6) is 11.5 Å². The van der Waals surface area contributed by atoms with E-state index in [0.717, 1.165) is 41.3 Å². The van der Waals surface area contributed by atoms with Gasteiger partial charge in [-0.25, -0.2) is 8.42 Å². The molecule has 2 heterocycles. The topological polar surface area (TPSA) is 55.8 Å². The minimum absolute atomic E-state index is 0.191. The molecule has 0 saturated carbocycles. The number of sulfonamides is 1. The quantitative estimate of drug-likeness (QED) is 0.638. The van der Waals surface area contributed by atoms with Gasteiger partial charge in [0.25, 0.3) is 0 Å². The molecule has 0 aromatic heterocycles. The van der Waals surface area contributed by atoms with Crippen molar-refractivity contribution in [2.24, 2.45) is 0 Å². The molecule has 0 spiro atoms. The van der Waals surface area contributed by atoms with E-state index in [4.69, 9.17) is 9.47 Å². The van der Waals surface area contributed by atoms with E-state index in [2.05, 4.69) is 0 Å². The molecule has 3 aromatic rings. The highest BCUT2D eigenvalue weighted by atomic mass is 32.2. The van der Waals surface area contributed by atoms with Crippen LogP contribution in [0, 0.1) is 0 Å². The molecule has 5 nitrogen and oxygen atoms in total. The monoisotopic (exact) mass is 409 g/mol. The fourth-order valence-electron chi connectivity index (χ4n) is 4.21. The second kappa shape index (κ2) is 7.35. The molecule has 1 saturated heterocycles. The van der Waals surface area contributed by atoms with Crippen LogP contribution in [-0.2, 0) is 10.0 Å². The van der Waals surface area contributed by atoms with E-state index in [-0.39, 0.29) is 6.04 Å². The molecule has 3 aromatic carbocycles. The Morgan fingerprint density at radius 3 is 2.48 bits per heavy atom. The van der Waals surface area contributed by atoms with Crippen LogP contribution in [-0.4, -0.2) is 32.5 Å². The predicted octanol–water partition coefficient (Wildman–Crippen LogP) is 4.53. The molecule has 29 heavy (non-hydrogen) atoms. The summed E-state index contributed by atoms with van der Waals surface area (Å²) in [5, 5.41) is 1.97. The highest BCUT2D eigenvalue weighted by Crippen LogP contribution is 2.40. The van der Waals surface area contributed by atoms with Gasteiger partial charge in [-0.2, -0.15) is 4.31 Å². The highest BCUT2D eigenvalue weighted by molar-refractivity contribution is 7.89. The Balaban J connectivity index is 1.50. The molecular formula is C23H23NO4S. The fourth-order valence-corrected chi connectivity index (χ4v) is 5.93. The zero-order valence-electron chi connectivity index (χ0n) is 16.1. The van der Waals surface area contributed by atoms with Gasteiger partial charge < -0.3 is 9.47 Å². The summed E-state index contributed by atoms with van der Waals surface area (Å²) in [6.45, 7) is 1.77. The molecule has 1 atom stereocenters. The largest absolute Gasteiger partial charge is 0.490 e. The summed E-state index contributed by atoms with van der Waals surface area (Å²) in [6.07, 6.45) is 2.48. The molecule has 1 fully saturated rings. The lowest BCUT2D eigenvalue weighted by atomic mass is 10.0. The Hall–Kier alpha value is -2.57. The first-order valence-corrected chi connectivity index (χ1v) is 11.5. The predicted molar refractivity (Wildman–Crippen MR) is 112 cm³/mol. The molecule has 2 aliphatic heterocycles. The number of rotatable bonds is 3. The Morgan fingerprint density at radius 1 is 0.828 bits per heavy atom. The van der Waals surface area contributed by atoms with Crippen LogP contribution in [0.4, 0.5) is 0 Å². The van der Waals surface area contributed by atoms with Crippen LogP contribution < -0.4 is 9.47 Å². The summed E-state index contributed by atoms with van der Waals surface area (Å²) >= 11 is 0. The molecule has 2 aliphatic rings. The van der Waals surface area contributed by atoms with E-state index in [9.17, 15) is 8.42 Å². The molecule has 150 valence electrons. The van der Waals surface area contributed by atoms with Crippen molar-refractivity contribution in [3.8, 4) is 11.5 Å². The number of ether oxygens (including phenoxy) is 2.